The first-order valence-corrected chi connectivity index (χ1v) is 6.02. The van der Waals surface area contributed by atoms with E-state index in [9.17, 15) is 8.78 Å². The number of rotatable bonds is 8. The molecule has 1 aromatic rings. The van der Waals surface area contributed by atoms with Crippen LogP contribution in [0.1, 0.15) is 6.42 Å². The van der Waals surface area contributed by atoms with E-state index in [4.69, 9.17) is 4.74 Å². The monoisotopic (exact) mass is 258 g/mol. The van der Waals surface area contributed by atoms with Crippen molar-refractivity contribution in [2.45, 2.75) is 6.42 Å². The van der Waals surface area contributed by atoms with Crippen LogP contribution >= 0.6 is 0 Å². The lowest BCUT2D eigenvalue weighted by atomic mass is 10.3. The molecular weight excluding hydrogens is 238 g/mol. The lowest BCUT2D eigenvalue weighted by Crippen LogP contribution is -2.25. The smallest absolute Gasteiger partial charge is 0.129 e. The van der Waals surface area contributed by atoms with Gasteiger partial charge in [-0.15, -0.1) is 0 Å². The molecule has 18 heavy (non-hydrogen) atoms. The molecule has 3 nitrogen and oxygen atoms in total. The molecule has 0 atom stereocenters. The molecule has 0 heterocycles. The van der Waals surface area contributed by atoms with Crippen molar-refractivity contribution in [2.24, 2.45) is 0 Å². The van der Waals surface area contributed by atoms with E-state index in [-0.39, 0.29) is 5.75 Å². The molecule has 0 saturated heterocycles. The Kier molecular flexibility index (Phi) is 6.60. The van der Waals surface area contributed by atoms with Gasteiger partial charge in [-0.05, 0) is 33.6 Å². The number of nitrogens with zero attached hydrogens (tertiary/aromatic N) is 1. The summed E-state index contributed by atoms with van der Waals surface area (Å²) in [5, 5.41) is 3.20. The molecule has 5 heteroatoms. The zero-order valence-electron chi connectivity index (χ0n) is 10.9. The summed E-state index contributed by atoms with van der Waals surface area (Å²) in [6.07, 6.45) is 1.06. The molecule has 0 aliphatic heterocycles. The highest BCUT2D eigenvalue weighted by Crippen LogP contribution is 2.14. The second kappa shape index (κ2) is 8.00. The van der Waals surface area contributed by atoms with Gasteiger partial charge in [0.1, 0.15) is 24.0 Å². The summed E-state index contributed by atoms with van der Waals surface area (Å²) < 4.78 is 30.9. The topological polar surface area (TPSA) is 24.5 Å². The van der Waals surface area contributed by atoms with Crippen LogP contribution in [0.2, 0.25) is 0 Å². The maximum absolute atomic E-state index is 12.8. The Bertz CT molecular complexity index is 339. The number of benzene rings is 1. The second-order valence-electron chi connectivity index (χ2n) is 4.36. The standard InChI is InChI=1S/C13H20F2N2O/c1-17(2)6-3-4-16-5-7-18-13-9-11(14)8-12(15)10-13/h8-10,16H,3-7H2,1-2H3. The van der Waals surface area contributed by atoms with Gasteiger partial charge >= 0.3 is 0 Å². The zero-order valence-corrected chi connectivity index (χ0v) is 10.9. The van der Waals surface area contributed by atoms with Crippen LogP contribution in [0, 0.1) is 11.6 Å². The van der Waals surface area contributed by atoms with E-state index in [0.717, 1.165) is 25.6 Å². The fourth-order valence-corrected chi connectivity index (χ4v) is 1.50. The van der Waals surface area contributed by atoms with Crippen LogP contribution in [0.3, 0.4) is 0 Å². The van der Waals surface area contributed by atoms with Crippen molar-refractivity contribution in [1.29, 1.82) is 0 Å². The molecule has 0 amide bonds. The van der Waals surface area contributed by atoms with Crippen molar-refractivity contribution < 1.29 is 13.5 Å². The lowest BCUT2D eigenvalue weighted by molar-refractivity contribution is 0.308. The quantitative estimate of drug-likeness (QED) is 0.721. The van der Waals surface area contributed by atoms with E-state index < -0.39 is 11.6 Å². The van der Waals surface area contributed by atoms with Crippen molar-refractivity contribution >= 4 is 0 Å². The summed E-state index contributed by atoms with van der Waals surface area (Å²) in [5.41, 5.74) is 0. The predicted octanol–water partition coefficient (Wildman–Crippen LogP) is 1.88. The van der Waals surface area contributed by atoms with Gasteiger partial charge in [0, 0.05) is 24.7 Å². The third kappa shape index (κ3) is 6.51. The van der Waals surface area contributed by atoms with Crippen LogP contribution in [0.4, 0.5) is 8.78 Å². The molecule has 0 aromatic heterocycles. The number of ether oxygens (including phenoxy) is 1. The van der Waals surface area contributed by atoms with E-state index >= 15 is 0 Å². The normalized spacial score (nSPS) is 10.9. The maximum Gasteiger partial charge on any atom is 0.129 e. The van der Waals surface area contributed by atoms with Gasteiger partial charge in [0.05, 0.1) is 0 Å². The summed E-state index contributed by atoms with van der Waals surface area (Å²) >= 11 is 0. The Morgan fingerprint density at radius 3 is 2.39 bits per heavy atom. The van der Waals surface area contributed by atoms with Crippen LogP contribution < -0.4 is 10.1 Å². The number of hydrogen-bond donors (Lipinski definition) is 1. The van der Waals surface area contributed by atoms with Gasteiger partial charge in [0.15, 0.2) is 0 Å². The molecule has 0 aliphatic carbocycles. The maximum atomic E-state index is 12.8. The third-order valence-electron chi connectivity index (χ3n) is 2.34. The van der Waals surface area contributed by atoms with Crippen LogP contribution in [0.25, 0.3) is 0 Å². The molecule has 0 unspecified atom stereocenters. The summed E-state index contributed by atoms with van der Waals surface area (Å²) in [6, 6.07) is 3.18. The SMILES string of the molecule is CN(C)CCCNCCOc1cc(F)cc(F)c1. The lowest BCUT2D eigenvalue weighted by Gasteiger charge is -2.10. The van der Waals surface area contributed by atoms with Crippen LogP contribution in [-0.4, -0.2) is 45.2 Å². The van der Waals surface area contributed by atoms with E-state index in [1.807, 2.05) is 14.1 Å². The number of halogens is 2. The Morgan fingerprint density at radius 2 is 1.78 bits per heavy atom. The van der Waals surface area contributed by atoms with Crippen LogP contribution in [0.5, 0.6) is 5.75 Å². The highest BCUT2D eigenvalue weighted by Gasteiger charge is 2.00. The van der Waals surface area contributed by atoms with Crippen LogP contribution in [0.15, 0.2) is 18.2 Å². The van der Waals surface area contributed by atoms with Crippen molar-refractivity contribution in [3.05, 3.63) is 29.8 Å². The predicted molar refractivity (Wildman–Crippen MR) is 67.9 cm³/mol. The molecular formula is C13H20F2N2O. The van der Waals surface area contributed by atoms with E-state index in [1.165, 1.54) is 12.1 Å². The van der Waals surface area contributed by atoms with E-state index in [1.54, 1.807) is 0 Å². The van der Waals surface area contributed by atoms with Gasteiger partial charge in [-0.3, -0.25) is 0 Å². The van der Waals surface area contributed by atoms with Gasteiger partial charge in [-0.2, -0.15) is 0 Å². The minimum absolute atomic E-state index is 0.225. The van der Waals surface area contributed by atoms with E-state index in [2.05, 4.69) is 10.2 Å². The Labute approximate surface area is 107 Å². The van der Waals surface area contributed by atoms with Gasteiger partial charge < -0.3 is 15.0 Å². The minimum atomic E-state index is -0.621. The average Bonchev–Trinajstić information content (AvgIpc) is 2.26. The molecule has 0 radical (unpaired) electrons. The van der Waals surface area contributed by atoms with E-state index in [0.29, 0.717) is 13.2 Å². The summed E-state index contributed by atoms with van der Waals surface area (Å²) in [7, 11) is 4.06. The molecule has 1 aromatic carbocycles. The summed E-state index contributed by atoms with van der Waals surface area (Å²) in [4.78, 5) is 2.12. The fourth-order valence-electron chi connectivity index (χ4n) is 1.50. The average molecular weight is 258 g/mol. The van der Waals surface area contributed by atoms with Crippen molar-refractivity contribution in [1.82, 2.24) is 10.2 Å². The molecule has 1 rings (SSSR count). The first-order valence-electron chi connectivity index (χ1n) is 6.02. The number of hydrogen-bond acceptors (Lipinski definition) is 3. The zero-order chi connectivity index (χ0) is 13.4. The summed E-state index contributed by atoms with van der Waals surface area (Å²) in [6.45, 7) is 2.98. The largest absolute Gasteiger partial charge is 0.492 e. The van der Waals surface area contributed by atoms with Crippen LogP contribution in [-0.2, 0) is 0 Å². The third-order valence-corrected chi connectivity index (χ3v) is 2.34. The van der Waals surface area contributed by atoms with Crippen molar-refractivity contribution in [3.8, 4) is 5.75 Å². The molecule has 0 aliphatic rings. The van der Waals surface area contributed by atoms with Gasteiger partial charge in [0.2, 0.25) is 0 Å². The molecule has 0 spiro atoms. The molecule has 0 saturated carbocycles. The minimum Gasteiger partial charge on any atom is -0.492 e. The molecule has 102 valence electrons. The molecule has 0 bridgehead atoms. The van der Waals surface area contributed by atoms with Gasteiger partial charge in [0.25, 0.3) is 0 Å². The Hall–Kier alpha value is -1.20. The van der Waals surface area contributed by atoms with Gasteiger partial charge in [-0.1, -0.05) is 0 Å². The molecule has 0 fully saturated rings. The van der Waals surface area contributed by atoms with Crippen molar-refractivity contribution in [3.63, 3.8) is 0 Å². The first kappa shape index (κ1) is 14.9. The highest BCUT2D eigenvalue weighted by atomic mass is 19.1. The Morgan fingerprint density at radius 1 is 1.11 bits per heavy atom. The highest BCUT2D eigenvalue weighted by molar-refractivity contribution is 5.23. The number of nitrogens with one attached hydrogen (secondary N) is 1. The summed E-state index contributed by atoms with van der Waals surface area (Å²) in [5.74, 6) is -1.02. The van der Waals surface area contributed by atoms with Crippen molar-refractivity contribution in [2.75, 3.05) is 40.3 Å². The second-order valence-corrected chi connectivity index (χ2v) is 4.36. The first-order chi connectivity index (χ1) is 8.58. The Balaban J connectivity index is 2.10. The molecule has 1 N–H and O–H groups in total. The van der Waals surface area contributed by atoms with Gasteiger partial charge in [-0.25, -0.2) is 8.78 Å². The fraction of sp³-hybridized carbons (Fsp3) is 0.538.